The molecule has 10 heteroatoms. The fourth-order valence-electron chi connectivity index (χ4n) is 3.58. The summed E-state index contributed by atoms with van der Waals surface area (Å²) in [6.07, 6.45) is 1.60. The average Bonchev–Trinajstić information content (AvgIpc) is 3.12. The lowest BCUT2D eigenvalue weighted by atomic mass is 10.1. The van der Waals surface area contributed by atoms with Crippen LogP contribution in [0.15, 0.2) is 76.1 Å². The predicted molar refractivity (Wildman–Crippen MR) is 141 cm³/mol. The molecule has 4 rings (SSSR count). The Balaban J connectivity index is 1.57. The van der Waals surface area contributed by atoms with Crippen molar-refractivity contribution in [2.45, 2.75) is 20.1 Å². The monoisotopic (exact) mass is 568 g/mol. The SMILES string of the molecule is CCOc1cc(/C=C2\SC(=O)N(Cc3ccccc3[N+](=O)[O-])C2=O)cc(Br)c1OCc1ccccc1. The number of carbonyl (C=O) groups excluding carboxylic acids is 2. The molecule has 0 aliphatic carbocycles. The lowest BCUT2D eigenvalue weighted by Crippen LogP contribution is -2.27. The molecule has 0 radical (unpaired) electrons. The molecule has 3 aromatic carbocycles. The summed E-state index contributed by atoms with van der Waals surface area (Å²) in [5.41, 5.74) is 1.78. The van der Waals surface area contributed by atoms with Gasteiger partial charge in [-0.05, 0) is 64.0 Å². The zero-order valence-electron chi connectivity index (χ0n) is 19.2. The van der Waals surface area contributed by atoms with Crippen molar-refractivity contribution in [3.8, 4) is 11.5 Å². The molecule has 1 saturated heterocycles. The molecule has 0 atom stereocenters. The molecule has 36 heavy (non-hydrogen) atoms. The molecule has 0 N–H and O–H groups in total. The molecule has 3 aromatic rings. The third kappa shape index (κ3) is 5.77. The number of imide groups is 1. The number of amides is 2. The maximum Gasteiger partial charge on any atom is 0.293 e. The molecule has 2 amide bonds. The van der Waals surface area contributed by atoms with E-state index in [-0.39, 0.29) is 22.7 Å². The van der Waals surface area contributed by atoms with Gasteiger partial charge in [0.25, 0.3) is 16.8 Å². The lowest BCUT2D eigenvalue weighted by Gasteiger charge is -2.15. The van der Waals surface area contributed by atoms with Gasteiger partial charge in [0.15, 0.2) is 11.5 Å². The van der Waals surface area contributed by atoms with Crippen molar-refractivity contribution < 1.29 is 24.0 Å². The molecular weight excluding hydrogens is 548 g/mol. The second-order valence-corrected chi connectivity index (χ2v) is 9.54. The molecule has 8 nitrogen and oxygen atoms in total. The van der Waals surface area contributed by atoms with E-state index in [9.17, 15) is 19.7 Å². The number of carbonyl (C=O) groups is 2. The standard InChI is InChI=1S/C26H21BrN2O6S/c1-2-34-22-13-18(12-20(27)24(22)35-16-17-8-4-3-5-9-17)14-23-25(30)28(26(31)36-23)15-19-10-6-7-11-21(19)29(32)33/h3-14H,2,15-16H2,1H3/b23-14-. The minimum Gasteiger partial charge on any atom is -0.490 e. The van der Waals surface area contributed by atoms with E-state index in [1.54, 1.807) is 24.3 Å². The molecule has 0 saturated carbocycles. The van der Waals surface area contributed by atoms with E-state index in [2.05, 4.69) is 15.9 Å². The van der Waals surface area contributed by atoms with Gasteiger partial charge in [-0.25, -0.2) is 0 Å². The van der Waals surface area contributed by atoms with Crippen LogP contribution in [-0.2, 0) is 17.9 Å². The van der Waals surface area contributed by atoms with Gasteiger partial charge in [-0.2, -0.15) is 0 Å². The number of hydrogen-bond acceptors (Lipinski definition) is 7. The average molecular weight is 569 g/mol. The summed E-state index contributed by atoms with van der Waals surface area (Å²) in [7, 11) is 0. The normalized spacial score (nSPS) is 14.4. The Labute approximate surface area is 220 Å². The van der Waals surface area contributed by atoms with Gasteiger partial charge in [-0.3, -0.25) is 24.6 Å². The van der Waals surface area contributed by atoms with Crippen molar-refractivity contribution in [2.24, 2.45) is 0 Å². The van der Waals surface area contributed by atoms with Crippen LogP contribution in [0.1, 0.15) is 23.6 Å². The third-order valence-corrected chi connectivity index (χ3v) is 6.74. The summed E-state index contributed by atoms with van der Waals surface area (Å²) in [5.74, 6) is 0.511. The number of nitro groups is 1. The van der Waals surface area contributed by atoms with Crippen LogP contribution in [0.5, 0.6) is 11.5 Å². The predicted octanol–water partition coefficient (Wildman–Crippen LogP) is 6.57. The molecule has 0 spiro atoms. The largest absolute Gasteiger partial charge is 0.490 e. The maximum atomic E-state index is 13.0. The first-order chi connectivity index (χ1) is 17.4. The van der Waals surface area contributed by atoms with Crippen LogP contribution in [0.25, 0.3) is 6.08 Å². The smallest absolute Gasteiger partial charge is 0.293 e. The fourth-order valence-corrected chi connectivity index (χ4v) is 5.00. The molecule has 1 heterocycles. The van der Waals surface area contributed by atoms with Crippen molar-refractivity contribution in [1.29, 1.82) is 0 Å². The minimum absolute atomic E-state index is 0.142. The minimum atomic E-state index is -0.529. The molecule has 0 bridgehead atoms. The van der Waals surface area contributed by atoms with Crippen molar-refractivity contribution in [3.05, 3.63) is 103 Å². The van der Waals surface area contributed by atoms with Crippen LogP contribution in [0, 0.1) is 10.1 Å². The van der Waals surface area contributed by atoms with Crippen LogP contribution in [0.2, 0.25) is 0 Å². The summed E-state index contributed by atoms with van der Waals surface area (Å²) in [5, 5.41) is 10.8. The highest BCUT2D eigenvalue weighted by molar-refractivity contribution is 9.10. The summed E-state index contributed by atoms with van der Waals surface area (Å²) in [6.45, 7) is 2.43. The summed E-state index contributed by atoms with van der Waals surface area (Å²) in [4.78, 5) is 37.6. The van der Waals surface area contributed by atoms with E-state index in [1.165, 1.54) is 18.2 Å². The highest BCUT2D eigenvalue weighted by atomic mass is 79.9. The Kier molecular flexibility index (Phi) is 8.07. The number of thioether (sulfide) groups is 1. The van der Waals surface area contributed by atoms with Crippen LogP contribution >= 0.6 is 27.7 Å². The number of benzene rings is 3. The number of para-hydroxylation sites is 1. The number of nitrogens with zero attached hydrogens (tertiary/aromatic N) is 2. The molecule has 0 aromatic heterocycles. The topological polar surface area (TPSA) is 99.0 Å². The van der Waals surface area contributed by atoms with E-state index in [1.807, 2.05) is 37.3 Å². The number of ether oxygens (including phenoxy) is 2. The van der Waals surface area contributed by atoms with E-state index >= 15 is 0 Å². The van der Waals surface area contributed by atoms with Crippen LogP contribution in [0.4, 0.5) is 10.5 Å². The maximum absolute atomic E-state index is 13.0. The van der Waals surface area contributed by atoms with Crippen molar-refractivity contribution in [1.82, 2.24) is 4.90 Å². The van der Waals surface area contributed by atoms with Crippen molar-refractivity contribution in [3.63, 3.8) is 0 Å². The van der Waals surface area contributed by atoms with Gasteiger partial charge in [0, 0.05) is 11.6 Å². The van der Waals surface area contributed by atoms with E-state index < -0.39 is 16.1 Å². The Morgan fingerprint density at radius 1 is 1.06 bits per heavy atom. The van der Waals surface area contributed by atoms with Gasteiger partial charge in [-0.1, -0.05) is 48.5 Å². The number of hydrogen-bond donors (Lipinski definition) is 0. The van der Waals surface area contributed by atoms with E-state index in [0.717, 1.165) is 22.2 Å². The molecule has 1 aliphatic rings. The summed E-state index contributed by atoms with van der Waals surface area (Å²) in [6, 6.07) is 19.3. The zero-order chi connectivity index (χ0) is 25.7. The van der Waals surface area contributed by atoms with E-state index in [4.69, 9.17) is 9.47 Å². The van der Waals surface area contributed by atoms with Gasteiger partial charge in [0.1, 0.15) is 6.61 Å². The zero-order valence-corrected chi connectivity index (χ0v) is 21.6. The number of halogens is 1. The molecule has 184 valence electrons. The van der Waals surface area contributed by atoms with Crippen molar-refractivity contribution >= 4 is 50.6 Å². The third-order valence-electron chi connectivity index (χ3n) is 5.25. The summed E-state index contributed by atoms with van der Waals surface area (Å²) >= 11 is 4.32. The quantitative estimate of drug-likeness (QED) is 0.163. The second-order valence-electron chi connectivity index (χ2n) is 7.69. The molecule has 0 unspecified atom stereocenters. The van der Waals surface area contributed by atoms with Gasteiger partial charge < -0.3 is 9.47 Å². The van der Waals surface area contributed by atoms with Gasteiger partial charge in [0.2, 0.25) is 0 Å². The first kappa shape index (κ1) is 25.5. The highest BCUT2D eigenvalue weighted by Gasteiger charge is 2.36. The summed E-state index contributed by atoms with van der Waals surface area (Å²) < 4.78 is 12.4. The Morgan fingerprint density at radius 3 is 2.50 bits per heavy atom. The second kappa shape index (κ2) is 11.4. The van der Waals surface area contributed by atoms with Crippen LogP contribution in [0.3, 0.4) is 0 Å². The highest BCUT2D eigenvalue weighted by Crippen LogP contribution is 2.40. The van der Waals surface area contributed by atoms with Crippen LogP contribution < -0.4 is 9.47 Å². The van der Waals surface area contributed by atoms with E-state index in [0.29, 0.717) is 34.7 Å². The van der Waals surface area contributed by atoms with Gasteiger partial charge in [-0.15, -0.1) is 0 Å². The molecule has 1 aliphatic heterocycles. The Bertz CT molecular complexity index is 1350. The fraction of sp³-hybridized carbons (Fsp3) is 0.154. The van der Waals surface area contributed by atoms with Crippen molar-refractivity contribution in [2.75, 3.05) is 6.61 Å². The number of nitro benzene ring substituents is 1. The molecular formula is C26H21BrN2O6S. The Hall–Kier alpha value is -3.63. The lowest BCUT2D eigenvalue weighted by molar-refractivity contribution is -0.385. The number of rotatable bonds is 9. The first-order valence-electron chi connectivity index (χ1n) is 11.0. The van der Waals surface area contributed by atoms with Gasteiger partial charge in [0.05, 0.1) is 27.5 Å². The van der Waals surface area contributed by atoms with Gasteiger partial charge >= 0.3 is 0 Å². The first-order valence-corrected chi connectivity index (χ1v) is 12.6. The molecule has 1 fully saturated rings. The van der Waals surface area contributed by atoms with Crippen LogP contribution in [-0.4, -0.2) is 27.6 Å². The Morgan fingerprint density at radius 2 is 1.78 bits per heavy atom.